The summed E-state index contributed by atoms with van der Waals surface area (Å²) in [4.78, 5) is 12.4. The third kappa shape index (κ3) is 6.49. The Morgan fingerprint density at radius 3 is 2.27 bits per heavy atom. The van der Waals surface area contributed by atoms with Gasteiger partial charge in [0.05, 0.1) is 11.6 Å². The van der Waals surface area contributed by atoms with E-state index in [2.05, 4.69) is 16.1 Å². The number of amides is 1. The van der Waals surface area contributed by atoms with Gasteiger partial charge in [-0.1, -0.05) is 23.7 Å². The van der Waals surface area contributed by atoms with Gasteiger partial charge in [-0.3, -0.25) is 9.52 Å². The summed E-state index contributed by atoms with van der Waals surface area (Å²) < 4.78 is 34.1. The van der Waals surface area contributed by atoms with Gasteiger partial charge in [0, 0.05) is 11.3 Å². The fourth-order valence-corrected chi connectivity index (χ4v) is 4.89. The molecule has 0 bridgehead atoms. The van der Waals surface area contributed by atoms with Crippen LogP contribution in [0.25, 0.3) is 0 Å². The summed E-state index contributed by atoms with van der Waals surface area (Å²) in [6, 6.07) is 15.3. The van der Waals surface area contributed by atoms with Gasteiger partial charge in [-0.25, -0.2) is 8.42 Å². The second kappa shape index (κ2) is 10.3. The maximum absolute atomic E-state index is 12.9. The molecular weight excluding hydrogens is 460 g/mol. The Morgan fingerprint density at radius 2 is 1.61 bits per heavy atom. The van der Waals surface area contributed by atoms with E-state index in [-0.39, 0.29) is 28.6 Å². The van der Waals surface area contributed by atoms with Gasteiger partial charge in [-0.15, -0.1) is 0 Å². The zero-order chi connectivity index (χ0) is 24.2. The SMILES string of the molecule is Cc1cc(C)cc(OCCNC(=O)c2ccc(Cl)c(S(=O)(=O)Nc3ccc(C)c(C)c3)c2)c1. The molecule has 0 aromatic heterocycles. The van der Waals surface area contributed by atoms with Crippen LogP contribution >= 0.6 is 11.6 Å². The quantitative estimate of drug-likeness (QED) is 0.429. The van der Waals surface area contributed by atoms with Crippen molar-refractivity contribution in [3.63, 3.8) is 0 Å². The second-order valence-corrected chi connectivity index (χ2v) is 10.0. The van der Waals surface area contributed by atoms with Crippen LogP contribution in [0.5, 0.6) is 5.75 Å². The Labute approximate surface area is 200 Å². The van der Waals surface area contributed by atoms with Crippen LogP contribution in [0.15, 0.2) is 59.5 Å². The van der Waals surface area contributed by atoms with Crippen LogP contribution in [0.4, 0.5) is 5.69 Å². The molecule has 0 aliphatic heterocycles. The van der Waals surface area contributed by atoms with Gasteiger partial charge in [0.1, 0.15) is 17.3 Å². The van der Waals surface area contributed by atoms with Gasteiger partial charge in [-0.2, -0.15) is 0 Å². The summed E-state index contributed by atoms with van der Waals surface area (Å²) in [5.74, 6) is 0.317. The number of carbonyl (C=O) groups excluding carboxylic acids is 1. The molecule has 0 atom stereocenters. The zero-order valence-electron chi connectivity index (χ0n) is 19.0. The van der Waals surface area contributed by atoms with Crippen molar-refractivity contribution in [3.05, 3.63) is 87.4 Å². The summed E-state index contributed by atoms with van der Waals surface area (Å²) in [7, 11) is -3.99. The second-order valence-electron chi connectivity index (χ2n) is 7.98. The van der Waals surface area contributed by atoms with Crippen molar-refractivity contribution in [2.45, 2.75) is 32.6 Å². The third-order valence-corrected chi connectivity index (χ3v) is 6.96. The van der Waals surface area contributed by atoms with E-state index >= 15 is 0 Å². The van der Waals surface area contributed by atoms with E-state index in [1.54, 1.807) is 12.1 Å². The number of anilines is 1. The Morgan fingerprint density at radius 1 is 0.909 bits per heavy atom. The minimum absolute atomic E-state index is 0.0287. The van der Waals surface area contributed by atoms with Gasteiger partial charge < -0.3 is 10.1 Å². The molecule has 174 valence electrons. The minimum Gasteiger partial charge on any atom is -0.492 e. The average molecular weight is 487 g/mol. The molecule has 0 saturated heterocycles. The van der Waals surface area contributed by atoms with E-state index in [1.807, 2.05) is 45.9 Å². The molecule has 3 aromatic carbocycles. The van der Waals surface area contributed by atoms with Crippen LogP contribution in [-0.2, 0) is 10.0 Å². The molecule has 8 heteroatoms. The molecule has 0 radical (unpaired) electrons. The summed E-state index contributed by atoms with van der Waals surface area (Å²) in [5.41, 5.74) is 4.81. The molecule has 0 aliphatic carbocycles. The third-order valence-electron chi connectivity index (χ3n) is 5.09. The highest BCUT2D eigenvalue weighted by molar-refractivity contribution is 7.92. The minimum atomic E-state index is -3.99. The van der Waals surface area contributed by atoms with E-state index in [0.717, 1.165) is 28.0 Å². The number of sulfonamides is 1. The van der Waals surface area contributed by atoms with Crippen LogP contribution in [0.2, 0.25) is 5.02 Å². The standard InChI is InChI=1S/C25H27ClN2O4S/c1-16-11-17(2)13-22(12-16)32-10-9-27-25(29)20-6-8-23(26)24(15-20)33(30,31)28-21-7-5-18(3)19(4)14-21/h5-8,11-15,28H,9-10H2,1-4H3,(H,27,29). The summed E-state index contributed by atoms with van der Waals surface area (Å²) in [6.45, 7) is 8.36. The first-order chi connectivity index (χ1) is 15.5. The molecular formula is C25H27ClN2O4S. The Bertz CT molecular complexity index is 1270. The fourth-order valence-electron chi connectivity index (χ4n) is 3.32. The maximum atomic E-state index is 12.9. The van der Waals surface area contributed by atoms with Gasteiger partial charge in [-0.05, 0) is 92.4 Å². The lowest BCUT2D eigenvalue weighted by Gasteiger charge is -2.13. The van der Waals surface area contributed by atoms with E-state index in [4.69, 9.17) is 16.3 Å². The predicted molar refractivity (Wildman–Crippen MR) is 132 cm³/mol. The first kappa shape index (κ1) is 24.6. The van der Waals surface area contributed by atoms with Crippen molar-refractivity contribution in [3.8, 4) is 5.75 Å². The first-order valence-corrected chi connectivity index (χ1v) is 12.3. The Kier molecular flexibility index (Phi) is 7.66. The average Bonchev–Trinajstić information content (AvgIpc) is 2.73. The van der Waals surface area contributed by atoms with Crippen molar-refractivity contribution in [1.29, 1.82) is 0 Å². The van der Waals surface area contributed by atoms with E-state index in [9.17, 15) is 13.2 Å². The van der Waals surface area contributed by atoms with E-state index in [1.165, 1.54) is 18.2 Å². The maximum Gasteiger partial charge on any atom is 0.263 e. The number of rotatable bonds is 8. The highest BCUT2D eigenvalue weighted by atomic mass is 35.5. The molecule has 6 nitrogen and oxygen atoms in total. The number of nitrogens with one attached hydrogen (secondary N) is 2. The summed E-state index contributed by atoms with van der Waals surface area (Å²) in [6.07, 6.45) is 0. The molecule has 3 rings (SSSR count). The first-order valence-electron chi connectivity index (χ1n) is 10.4. The number of benzene rings is 3. The zero-order valence-corrected chi connectivity index (χ0v) is 20.6. The predicted octanol–water partition coefficient (Wildman–Crippen LogP) is 5.18. The van der Waals surface area contributed by atoms with Crippen LogP contribution in [-0.4, -0.2) is 27.5 Å². The largest absolute Gasteiger partial charge is 0.492 e. The van der Waals surface area contributed by atoms with Crippen molar-refractivity contribution in [2.75, 3.05) is 17.9 Å². The number of halogens is 1. The number of carbonyl (C=O) groups is 1. The van der Waals surface area contributed by atoms with Gasteiger partial charge in [0.25, 0.3) is 15.9 Å². The highest BCUT2D eigenvalue weighted by Crippen LogP contribution is 2.26. The van der Waals surface area contributed by atoms with Gasteiger partial charge >= 0.3 is 0 Å². The smallest absolute Gasteiger partial charge is 0.263 e. The lowest BCUT2D eigenvalue weighted by molar-refractivity contribution is 0.0946. The lowest BCUT2D eigenvalue weighted by Crippen LogP contribution is -2.28. The van der Waals surface area contributed by atoms with Crippen LogP contribution in [0.3, 0.4) is 0 Å². The monoisotopic (exact) mass is 486 g/mol. The van der Waals surface area contributed by atoms with Crippen LogP contribution < -0.4 is 14.8 Å². The molecule has 1 amide bonds. The van der Waals surface area contributed by atoms with Crippen molar-refractivity contribution in [2.24, 2.45) is 0 Å². The van der Waals surface area contributed by atoms with Gasteiger partial charge in [0.15, 0.2) is 0 Å². The molecule has 3 aromatic rings. The molecule has 0 heterocycles. The number of ether oxygens (including phenoxy) is 1. The van der Waals surface area contributed by atoms with Crippen LogP contribution in [0.1, 0.15) is 32.6 Å². The van der Waals surface area contributed by atoms with Crippen molar-refractivity contribution >= 4 is 33.2 Å². The summed E-state index contributed by atoms with van der Waals surface area (Å²) in [5, 5.41) is 2.77. The molecule has 2 N–H and O–H groups in total. The van der Waals surface area contributed by atoms with E-state index in [0.29, 0.717) is 5.69 Å². The molecule has 0 spiro atoms. The highest BCUT2D eigenvalue weighted by Gasteiger charge is 2.20. The Hall–Kier alpha value is -3.03. The fraction of sp³-hybridized carbons (Fsp3) is 0.240. The number of hydrogen-bond acceptors (Lipinski definition) is 4. The molecule has 0 aliphatic rings. The van der Waals surface area contributed by atoms with E-state index < -0.39 is 15.9 Å². The normalized spacial score (nSPS) is 11.2. The molecule has 0 saturated carbocycles. The number of aryl methyl sites for hydroxylation is 4. The molecule has 0 fully saturated rings. The topological polar surface area (TPSA) is 84.5 Å². The number of hydrogen-bond donors (Lipinski definition) is 2. The van der Waals surface area contributed by atoms with Crippen LogP contribution in [0, 0.1) is 27.7 Å². The Balaban J connectivity index is 1.66. The molecule has 0 unspecified atom stereocenters. The van der Waals surface area contributed by atoms with Crippen molar-refractivity contribution < 1.29 is 17.9 Å². The summed E-state index contributed by atoms with van der Waals surface area (Å²) >= 11 is 6.16. The lowest BCUT2D eigenvalue weighted by atomic mass is 10.1. The van der Waals surface area contributed by atoms with Gasteiger partial charge in [0.2, 0.25) is 0 Å². The molecule has 33 heavy (non-hydrogen) atoms. The van der Waals surface area contributed by atoms with Crippen molar-refractivity contribution in [1.82, 2.24) is 5.32 Å².